The Morgan fingerprint density at radius 3 is 2.38 bits per heavy atom. The van der Waals surface area contributed by atoms with Gasteiger partial charge in [0.05, 0.1) is 19.8 Å². The summed E-state index contributed by atoms with van der Waals surface area (Å²) in [5, 5.41) is 7.77. The number of anilines is 2. The molecule has 0 radical (unpaired) electrons. The number of nitrogens with one attached hydrogen (secondary N) is 3. The van der Waals surface area contributed by atoms with Gasteiger partial charge in [0.15, 0.2) is 5.82 Å². The quantitative estimate of drug-likeness (QED) is 0.235. The average Bonchev–Trinajstić information content (AvgIpc) is 3.31. The van der Waals surface area contributed by atoms with Crippen molar-refractivity contribution < 1.29 is 41.7 Å². The fourth-order valence-corrected chi connectivity index (χ4v) is 3.32. The maximum atomic E-state index is 12.8. The van der Waals surface area contributed by atoms with Crippen molar-refractivity contribution in [3.63, 3.8) is 0 Å². The van der Waals surface area contributed by atoms with Gasteiger partial charge < -0.3 is 34.1 Å². The van der Waals surface area contributed by atoms with E-state index in [4.69, 9.17) is 14.2 Å². The highest BCUT2D eigenvalue weighted by Gasteiger charge is 2.31. The Morgan fingerprint density at radius 1 is 0.925 bits per heavy atom. The molecule has 0 fully saturated rings. The highest BCUT2D eigenvalue weighted by atomic mass is 19.4. The molecule has 3 aromatic rings. The predicted octanol–water partition coefficient (Wildman–Crippen LogP) is 4.29. The van der Waals surface area contributed by atoms with Crippen molar-refractivity contribution in [3.05, 3.63) is 66.6 Å². The minimum Gasteiger partial charge on any atom is -0.492 e. The topological polar surface area (TPSA) is 125 Å². The number of imidazole rings is 1. The molecule has 0 saturated carbocycles. The SMILES string of the molecule is COCCOCCCNC(=O)c1nc(NC(=O)Nc2ccc(OC(F)(F)F)cc2)cn1CCOc1ccccc1. The number of hydrogen-bond donors (Lipinski definition) is 3. The van der Waals surface area contributed by atoms with E-state index < -0.39 is 24.1 Å². The smallest absolute Gasteiger partial charge is 0.492 e. The fourth-order valence-electron chi connectivity index (χ4n) is 3.32. The Balaban J connectivity index is 1.59. The zero-order chi connectivity index (χ0) is 28.8. The predicted molar refractivity (Wildman–Crippen MR) is 140 cm³/mol. The normalized spacial score (nSPS) is 11.1. The first-order valence-corrected chi connectivity index (χ1v) is 12.3. The molecular weight excluding hydrogens is 535 g/mol. The van der Waals surface area contributed by atoms with Crippen molar-refractivity contribution in [2.75, 3.05) is 50.7 Å². The summed E-state index contributed by atoms with van der Waals surface area (Å²) in [4.78, 5) is 29.6. The van der Waals surface area contributed by atoms with E-state index in [1.165, 1.54) is 18.3 Å². The van der Waals surface area contributed by atoms with Crippen molar-refractivity contribution in [2.24, 2.45) is 0 Å². The maximum absolute atomic E-state index is 12.8. The van der Waals surface area contributed by atoms with Crippen LogP contribution < -0.4 is 25.4 Å². The van der Waals surface area contributed by atoms with E-state index in [0.717, 1.165) is 12.1 Å². The van der Waals surface area contributed by atoms with E-state index in [1.54, 1.807) is 23.8 Å². The van der Waals surface area contributed by atoms with Gasteiger partial charge in [0.25, 0.3) is 5.91 Å². The Labute approximate surface area is 228 Å². The first-order valence-electron chi connectivity index (χ1n) is 12.3. The molecule has 1 heterocycles. The van der Waals surface area contributed by atoms with Gasteiger partial charge in [-0.25, -0.2) is 9.78 Å². The number of amides is 3. The minimum absolute atomic E-state index is 0.0564. The lowest BCUT2D eigenvalue weighted by molar-refractivity contribution is -0.274. The lowest BCUT2D eigenvalue weighted by atomic mass is 10.3. The van der Waals surface area contributed by atoms with Crippen molar-refractivity contribution in [1.82, 2.24) is 14.9 Å². The van der Waals surface area contributed by atoms with Crippen molar-refractivity contribution in [1.29, 1.82) is 0 Å². The molecule has 40 heavy (non-hydrogen) atoms. The zero-order valence-electron chi connectivity index (χ0n) is 21.7. The summed E-state index contributed by atoms with van der Waals surface area (Å²) in [6.45, 7) is 2.21. The van der Waals surface area contributed by atoms with Crippen LogP contribution in [0.2, 0.25) is 0 Å². The molecule has 0 bridgehead atoms. The summed E-state index contributed by atoms with van der Waals surface area (Å²) in [5.74, 6) is -0.0768. The summed E-state index contributed by atoms with van der Waals surface area (Å²) in [6, 6.07) is 13.0. The average molecular weight is 566 g/mol. The molecule has 3 rings (SSSR count). The molecule has 2 aromatic carbocycles. The summed E-state index contributed by atoms with van der Waals surface area (Å²) < 4.78 is 58.4. The second-order valence-electron chi connectivity index (χ2n) is 8.17. The highest BCUT2D eigenvalue weighted by Crippen LogP contribution is 2.24. The van der Waals surface area contributed by atoms with E-state index in [2.05, 4.69) is 25.7 Å². The Kier molecular flexibility index (Phi) is 11.6. The zero-order valence-corrected chi connectivity index (χ0v) is 21.7. The first-order chi connectivity index (χ1) is 19.2. The molecular formula is C26H30F3N5O6. The van der Waals surface area contributed by atoms with Gasteiger partial charge in [-0.05, 0) is 42.8 Å². The number of urea groups is 1. The molecule has 0 unspecified atom stereocenters. The van der Waals surface area contributed by atoms with Gasteiger partial charge in [0.1, 0.15) is 18.1 Å². The number of aromatic nitrogens is 2. The third kappa shape index (κ3) is 10.8. The van der Waals surface area contributed by atoms with Crippen LogP contribution in [0.25, 0.3) is 0 Å². The largest absolute Gasteiger partial charge is 0.573 e. The summed E-state index contributed by atoms with van der Waals surface area (Å²) in [6.07, 6.45) is -2.76. The van der Waals surface area contributed by atoms with E-state index in [9.17, 15) is 22.8 Å². The van der Waals surface area contributed by atoms with E-state index in [0.29, 0.717) is 38.5 Å². The second kappa shape index (κ2) is 15.3. The molecule has 11 nitrogen and oxygen atoms in total. The maximum Gasteiger partial charge on any atom is 0.573 e. The van der Waals surface area contributed by atoms with Gasteiger partial charge in [-0.3, -0.25) is 10.1 Å². The Hall–Kier alpha value is -4.30. The summed E-state index contributed by atoms with van der Waals surface area (Å²) in [5.41, 5.74) is 0.216. The molecule has 3 amide bonds. The Morgan fingerprint density at radius 2 is 1.68 bits per heavy atom. The molecule has 1 aromatic heterocycles. The van der Waals surface area contributed by atoms with Gasteiger partial charge in [-0.1, -0.05) is 18.2 Å². The number of carbonyl (C=O) groups is 2. The second-order valence-corrected chi connectivity index (χ2v) is 8.17. The van der Waals surface area contributed by atoms with Gasteiger partial charge in [0.2, 0.25) is 5.82 Å². The third-order valence-corrected chi connectivity index (χ3v) is 5.09. The summed E-state index contributed by atoms with van der Waals surface area (Å²) in [7, 11) is 1.58. The lowest BCUT2D eigenvalue weighted by Gasteiger charge is -2.10. The number of nitrogens with zero attached hydrogens (tertiary/aromatic N) is 2. The highest BCUT2D eigenvalue weighted by molar-refractivity contribution is 5.99. The number of halogens is 3. The molecule has 14 heteroatoms. The van der Waals surface area contributed by atoms with Gasteiger partial charge in [-0.15, -0.1) is 13.2 Å². The van der Waals surface area contributed by atoms with Crippen LogP contribution in [0.1, 0.15) is 17.0 Å². The number of ether oxygens (including phenoxy) is 4. The van der Waals surface area contributed by atoms with Crippen LogP contribution in [0.3, 0.4) is 0 Å². The minimum atomic E-state index is -4.82. The van der Waals surface area contributed by atoms with Gasteiger partial charge in [-0.2, -0.15) is 0 Å². The Bertz CT molecular complexity index is 1210. The van der Waals surface area contributed by atoms with Crippen LogP contribution in [0, 0.1) is 0 Å². The van der Waals surface area contributed by atoms with Crippen molar-refractivity contribution >= 4 is 23.4 Å². The van der Waals surface area contributed by atoms with Crippen LogP contribution >= 0.6 is 0 Å². The van der Waals surface area contributed by atoms with Crippen LogP contribution in [0.4, 0.5) is 29.5 Å². The first kappa shape index (κ1) is 30.2. The molecule has 216 valence electrons. The van der Waals surface area contributed by atoms with Crippen LogP contribution in [0.5, 0.6) is 11.5 Å². The molecule has 0 aliphatic rings. The van der Waals surface area contributed by atoms with Crippen molar-refractivity contribution in [3.8, 4) is 11.5 Å². The van der Waals surface area contributed by atoms with Gasteiger partial charge >= 0.3 is 12.4 Å². The van der Waals surface area contributed by atoms with Crippen LogP contribution in [-0.4, -0.2) is 67.9 Å². The number of benzene rings is 2. The van der Waals surface area contributed by atoms with E-state index in [1.807, 2.05) is 18.2 Å². The lowest BCUT2D eigenvalue weighted by Crippen LogP contribution is -2.29. The number of rotatable bonds is 15. The molecule has 0 spiro atoms. The molecule has 0 aliphatic heterocycles. The molecule has 3 N–H and O–H groups in total. The number of carbonyl (C=O) groups excluding carboxylic acids is 2. The standard InChI is InChI=1S/C26H30F3N5O6/c1-37-16-17-38-14-5-12-30-24(35)23-32-22(18-34(23)13-15-39-20-6-3-2-4-7-20)33-25(36)31-19-8-10-21(11-9-19)40-26(27,28)29/h2-4,6-11,18H,5,12-17H2,1H3,(H,30,35)(H2,31,33,36). The molecule has 0 aliphatic carbocycles. The van der Waals surface area contributed by atoms with Crippen molar-refractivity contribution in [2.45, 2.75) is 19.3 Å². The van der Waals surface area contributed by atoms with E-state index >= 15 is 0 Å². The number of alkyl halides is 3. The van der Waals surface area contributed by atoms with E-state index in [-0.39, 0.29) is 30.5 Å². The van der Waals surface area contributed by atoms with Crippen LogP contribution in [0.15, 0.2) is 60.8 Å². The van der Waals surface area contributed by atoms with Gasteiger partial charge in [0, 0.05) is 32.1 Å². The molecule has 0 atom stereocenters. The molecule has 0 saturated heterocycles. The number of methoxy groups -OCH3 is 1. The number of hydrogen-bond acceptors (Lipinski definition) is 7. The number of para-hydroxylation sites is 1. The fraction of sp³-hybridized carbons (Fsp3) is 0.346. The monoisotopic (exact) mass is 565 g/mol. The summed E-state index contributed by atoms with van der Waals surface area (Å²) >= 11 is 0. The third-order valence-electron chi connectivity index (χ3n) is 5.09. The van der Waals surface area contributed by atoms with Crippen LogP contribution in [-0.2, 0) is 16.0 Å².